The number of carbonyl (C=O) groups excluding carboxylic acids is 2. The van der Waals surface area contributed by atoms with Crippen LogP contribution in [0.3, 0.4) is 0 Å². The minimum Gasteiger partial charge on any atom is -0.506 e. The average molecular weight is 455 g/mol. The van der Waals surface area contributed by atoms with E-state index in [0.29, 0.717) is 29.6 Å². The van der Waals surface area contributed by atoms with Gasteiger partial charge in [0.05, 0.1) is 24.5 Å². The fraction of sp³-hybridized carbons (Fsp3) is 0.304. The molecule has 0 aliphatic carbocycles. The third kappa shape index (κ3) is 5.08. The summed E-state index contributed by atoms with van der Waals surface area (Å²) >= 11 is 6.24. The molecule has 2 aromatic heterocycles. The highest BCUT2D eigenvalue weighted by molar-refractivity contribution is 6.31. The van der Waals surface area contributed by atoms with Gasteiger partial charge in [0.1, 0.15) is 17.6 Å². The Morgan fingerprint density at radius 2 is 2.06 bits per heavy atom. The molecule has 1 unspecified atom stereocenters. The molecule has 3 heterocycles. The van der Waals surface area contributed by atoms with Gasteiger partial charge in [0.2, 0.25) is 11.8 Å². The molecule has 1 aromatic carbocycles. The van der Waals surface area contributed by atoms with Crippen molar-refractivity contribution in [2.75, 3.05) is 13.1 Å². The van der Waals surface area contributed by atoms with Gasteiger partial charge in [-0.15, -0.1) is 0 Å². The van der Waals surface area contributed by atoms with E-state index in [2.05, 4.69) is 15.3 Å². The number of oxazole rings is 1. The van der Waals surface area contributed by atoms with Gasteiger partial charge >= 0.3 is 0 Å². The second-order valence-electron chi connectivity index (χ2n) is 7.65. The molecule has 4 rings (SSSR count). The summed E-state index contributed by atoms with van der Waals surface area (Å²) in [6, 6.07) is 8.57. The molecule has 9 heteroatoms. The number of nitrogens with one attached hydrogen (secondary N) is 1. The van der Waals surface area contributed by atoms with Crippen LogP contribution in [0.1, 0.15) is 52.9 Å². The van der Waals surface area contributed by atoms with Crippen molar-refractivity contribution >= 4 is 23.4 Å². The van der Waals surface area contributed by atoms with Crippen LogP contribution >= 0.6 is 11.6 Å². The molecule has 1 saturated heterocycles. The standard InChI is InChI=1S/C23H23ClN4O4/c24-19-6-2-1-5-15(19)10-18-13-27-23(32-18)20-7-3-4-8-28(20)21(30)14-26-22(31)16-9-17(29)12-25-11-16/h1-2,5-6,9,11-13,20,29H,3-4,7-8,10,14H2,(H,26,31). The van der Waals surface area contributed by atoms with Crippen molar-refractivity contribution in [1.82, 2.24) is 20.2 Å². The van der Waals surface area contributed by atoms with E-state index in [-0.39, 0.29) is 29.8 Å². The molecule has 1 fully saturated rings. The zero-order valence-corrected chi connectivity index (χ0v) is 18.1. The molecule has 166 valence electrons. The summed E-state index contributed by atoms with van der Waals surface area (Å²) in [5, 5.41) is 12.7. The molecule has 1 aliphatic heterocycles. The van der Waals surface area contributed by atoms with Gasteiger partial charge in [-0.3, -0.25) is 14.6 Å². The first-order valence-corrected chi connectivity index (χ1v) is 10.8. The highest BCUT2D eigenvalue weighted by atomic mass is 35.5. The largest absolute Gasteiger partial charge is 0.506 e. The first kappa shape index (κ1) is 21.8. The number of hydrogen-bond acceptors (Lipinski definition) is 6. The predicted octanol–water partition coefficient (Wildman–Crippen LogP) is 3.50. The third-order valence-corrected chi connectivity index (χ3v) is 5.76. The molecule has 0 bridgehead atoms. The SMILES string of the molecule is O=C(NCC(=O)N1CCCCC1c1ncc(Cc2ccccc2Cl)o1)c1cncc(O)c1. The van der Waals surface area contributed by atoms with Crippen LogP contribution in [-0.4, -0.2) is 44.9 Å². The molecule has 0 saturated carbocycles. The quantitative estimate of drug-likeness (QED) is 0.590. The Labute approximate surface area is 190 Å². The highest BCUT2D eigenvalue weighted by Gasteiger charge is 2.31. The topological polar surface area (TPSA) is 109 Å². The lowest BCUT2D eigenvalue weighted by Crippen LogP contribution is -2.44. The van der Waals surface area contributed by atoms with Gasteiger partial charge in [0.15, 0.2) is 0 Å². The first-order valence-electron chi connectivity index (χ1n) is 10.4. The number of pyridine rings is 1. The summed E-state index contributed by atoms with van der Waals surface area (Å²) in [4.78, 5) is 35.1. The van der Waals surface area contributed by atoms with Crippen molar-refractivity contribution in [3.05, 3.63) is 76.7 Å². The molecule has 1 aliphatic rings. The Bertz CT molecular complexity index is 1120. The minimum atomic E-state index is -0.478. The number of likely N-dealkylation sites (tertiary alicyclic amines) is 1. The monoisotopic (exact) mass is 454 g/mol. The number of nitrogens with zero attached hydrogens (tertiary/aromatic N) is 3. The third-order valence-electron chi connectivity index (χ3n) is 5.39. The molecule has 32 heavy (non-hydrogen) atoms. The number of aromatic nitrogens is 2. The molecule has 8 nitrogen and oxygen atoms in total. The number of carbonyl (C=O) groups is 2. The molecule has 1 atom stereocenters. The Balaban J connectivity index is 1.41. The summed E-state index contributed by atoms with van der Waals surface area (Å²) in [6.45, 7) is 0.396. The van der Waals surface area contributed by atoms with E-state index in [1.54, 1.807) is 11.1 Å². The van der Waals surface area contributed by atoms with Gasteiger partial charge in [-0.2, -0.15) is 0 Å². The zero-order chi connectivity index (χ0) is 22.5. The lowest BCUT2D eigenvalue weighted by atomic mass is 10.0. The molecular weight excluding hydrogens is 432 g/mol. The zero-order valence-electron chi connectivity index (χ0n) is 17.3. The minimum absolute atomic E-state index is 0.114. The van der Waals surface area contributed by atoms with Crippen LogP contribution in [0.5, 0.6) is 5.75 Å². The fourth-order valence-corrected chi connectivity index (χ4v) is 3.99. The second-order valence-corrected chi connectivity index (χ2v) is 8.05. The first-order chi connectivity index (χ1) is 15.5. The van der Waals surface area contributed by atoms with Crippen molar-refractivity contribution in [2.45, 2.75) is 31.7 Å². The van der Waals surface area contributed by atoms with Crippen LogP contribution < -0.4 is 5.32 Å². The Morgan fingerprint density at radius 3 is 2.88 bits per heavy atom. The van der Waals surface area contributed by atoms with Crippen LogP contribution in [0.25, 0.3) is 0 Å². The summed E-state index contributed by atoms with van der Waals surface area (Å²) < 4.78 is 5.98. The second kappa shape index (κ2) is 9.82. The van der Waals surface area contributed by atoms with Crippen molar-refractivity contribution in [3.8, 4) is 5.75 Å². The Morgan fingerprint density at radius 1 is 1.22 bits per heavy atom. The van der Waals surface area contributed by atoms with Gasteiger partial charge in [-0.05, 0) is 37.0 Å². The summed E-state index contributed by atoms with van der Waals surface area (Å²) in [7, 11) is 0. The van der Waals surface area contributed by atoms with Gasteiger partial charge in [-0.25, -0.2) is 4.98 Å². The van der Waals surface area contributed by atoms with Crippen LogP contribution in [0.4, 0.5) is 0 Å². The van der Waals surface area contributed by atoms with Crippen molar-refractivity contribution < 1.29 is 19.1 Å². The normalized spacial score (nSPS) is 16.0. The Kier molecular flexibility index (Phi) is 6.70. The van der Waals surface area contributed by atoms with E-state index < -0.39 is 5.91 Å². The molecule has 2 amide bonds. The van der Waals surface area contributed by atoms with Crippen LogP contribution in [0, 0.1) is 0 Å². The van der Waals surface area contributed by atoms with Crippen molar-refractivity contribution in [1.29, 1.82) is 0 Å². The summed E-state index contributed by atoms with van der Waals surface area (Å²) in [5.41, 5.74) is 1.13. The van der Waals surface area contributed by atoms with Crippen LogP contribution in [0.2, 0.25) is 5.02 Å². The molecule has 3 aromatic rings. The van der Waals surface area contributed by atoms with Crippen molar-refractivity contribution in [2.24, 2.45) is 0 Å². The maximum atomic E-state index is 12.9. The summed E-state index contributed by atoms with van der Waals surface area (Å²) in [5.74, 6) is 0.353. The maximum absolute atomic E-state index is 12.9. The van der Waals surface area contributed by atoms with E-state index in [4.69, 9.17) is 16.0 Å². The van der Waals surface area contributed by atoms with E-state index in [9.17, 15) is 14.7 Å². The van der Waals surface area contributed by atoms with Crippen LogP contribution in [-0.2, 0) is 11.2 Å². The number of halogens is 1. The number of rotatable bonds is 6. The molecule has 0 radical (unpaired) electrons. The number of hydrogen-bond donors (Lipinski definition) is 2. The smallest absolute Gasteiger partial charge is 0.253 e. The predicted molar refractivity (Wildman–Crippen MR) is 117 cm³/mol. The van der Waals surface area contributed by atoms with Gasteiger partial charge in [0, 0.05) is 24.2 Å². The van der Waals surface area contributed by atoms with E-state index >= 15 is 0 Å². The molecule has 2 N–H and O–H groups in total. The lowest BCUT2D eigenvalue weighted by molar-refractivity contribution is -0.134. The number of aromatic hydroxyl groups is 1. The van der Waals surface area contributed by atoms with Gasteiger partial charge < -0.3 is 19.7 Å². The van der Waals surface area contributed by atoms with Gasteiger partial charge in [0.25, 0.3) is 5.91 Å². The number of amides is 2. The number of benzene rings is 1. The average Bonchev–Trinajstić information content (AvgIpc) is 3.27. The van der Waals surface area contributed by atoms with Crippen LogP contribution in [0.15, 0.2) is 53.3 Å². The number of piperidine rings is 1. The summed E-state index contributed by atoms with van der Waals surface area (Å²) in [6.07, 6.45) is 7.32. The highest BCUT2D eigenvalue weighted by Crippen LogP contribution is 2.31. The van der Waals surface area contributed by atoms with Crippen molar-refractivity contribution in [3.63, 3.8) is 0 Å². The van der Waals surface area contributed by atoms with E-state index in [1.165, 1.54) is 18.5 Å². The Hall–Kier alpha value is -3.39. The van der Waals surface area contributed by atoms with E-state index in [1.807, 2.05) is 24.3 Å². The lowest BCUT2D eigenvalue weighted by Gasteiger charge is -2.33. The fourth-order valence-electron chi connectivity index (χ4n) is 3.79. The molecular formula is C23H23ClN4O4. The maximum Gasteiger partial charge on any atom is 0.253 e. The molecule has 0 spiro atoms. The van der Waals surface area contributed by atoms with Gasteiger partial charge in [-0.1, -0.05) is 29.8 Å². The van der Waals surface area contributed by atoms with E-state index in [0.717, 1.165) is 24.8 Å².